The molecule has 1 fully saturated rings. The molecular weight excluding hydrogens is 353 g/mol. The van der Waals surface area contributed by atoms with Crippen molar-refractivity contribution < 1.29 is 13.9 Å². The van der Waals surface area contributed by atoms with Gasteiger partial charge in [-0.2, -0.15) is 5.10 Å². The summed E-state index contributed by atoms with van der Waals surface area (Å²) in [6.45, 7) is 2.66. The number of carbonyl (C=O) groups excluding carboxylic acids is 1. The number of esters is 1. The Kier molecular flexibility index (Phi) is 4.35. The van der Waals surface area contributed by atoms with Gasteiger partial charge >= 0.3 is 5.97 Å². The summed E-state index contributed by atoms with van der Waals surface area (Å²) in [7, 11) is 0. The van der Waals surface area contributed by atoms with Crippen LogP contribution in [0.1, 0.15) is 41.7 Å². The number of aromatic amines is 1. The van der Waals surface area contributed by atoms with Gasteiger partial charge in [-0.05, 0) is 31.9 Å². The lowest BCUT2D eigenvalue weighted by Crippen LogP contribution is -2.28. The standard InChI is InChI=1S/C18H18FN5O3/c1-2-27-18(26)13-10-21-24-7-5-15(22-16(13)24)23-6-3-4-14(23)12-8-11(19)9-20-17(12)25/h5,7-10,14H,2-4,6H2,1H3,(H,20,25). The molecule has 27 heavy (non-hydrogen) atoms. The molecule has 1 aliphatic heterocycles. The molecule has 0 radical (unpaired) electrons. The van der Waals surface area contributed by atoms with Crippen molar-refractivity contribution in [2.45, 2.75) is 25.8 Å². The molecule has 1 unspecified atom stereocenters. The molecule has 3 aromatic rings. The van der Waals surface area contributed by atoms with Crippen LogP contribution in [-0.2, 0) is 4.74 Å². The zero-order valence-electron chi connectivity index (χ0n) is 14.7. The van der Waals surface area contributed by atoms with Gasteiger partial charge in [0.2, 0.25) is 0 Å². The largest absolute Gasteiger partial charge is 0.462 e. The average molecular weight is 371 g/mol. The monoisotopic (exact) mass is 371 g/mol. The molecule has 0 amide bonds. The topological polar surface area (TPSA) is 92.6 Å². The Morgan fingerprint density at radius 1 is 1.48 bits per heavy atom. The van der Waals surface area contributed by atoms with E-state index in [4.69, 9.17) is 4.74 Å². The normalized spacial score (nSPS) is 16.8. The molecule has 140 valence electrons. The first-order valence-electron chi connectivity index (χ1n) is 8.74. The lowest BCUT2D eigenvalue weighted by molar-refractivity contribution is 0.0528. The van der Waals surface area contributed by atoms with Gasteiger partial charge in [-0.1, -0.05) is 0 Å². The molecule has 1 N–H and O–H groups in total. The number of carbonyl (C=O) groups is 1. The number of nitrogens with zero attached hydrogens (tertiary/aromatic N) is 4. The highest BCUT2D eigenvalue weighted by molar-refractivity contribution is 5.95. The second-order valence-corrected chi connectivity index (χ2v) is 6.29. The number of ether oxygens (including phenoxy) is 1. The summed E-state index contributed by atoms with van der Waals surface area (Å²) < 4.78 is 20.2. The van der Waals surface area contributed by atoms with Crippen molar-refractivity contribution in [3.05, 3.63) is 58.0 Å². The minimum atomic E-state index is -0.489. The number of anilines is 1. The Balaban J connectivity index is 1.74. The third-order valence-electron chi connectivity index (χ3n) is 4.65. The second kappa shape index (κ2) is 6.82. The number of fused-ring (bicyclic) bond motifs is 1. The number of halogens is 1. The Morgan fingerprint density at radius 3 is 3.15 bits per heavy atom. The molecule has 0 bridgehead atoms. The van der Waals surface area contributed by atoms with Gasteiger partial charge in [0.25, 0.3) is 5.56 Å². The third kappa shape index (κ3) is 3.05. The molecule has 0 spiro atoms. The smallest absolute Gasteiger partial charge is 0.343 e. The van der Waals surface area contributed by atoms with Crippen LogP contribution in [0.4, 0.5) is 10.2 Å². The Morgan fingerprint density at radius 2 is 2.33 bits per heavy atom. The molecule has 1 aliphatic rings. The molecule has 0 aliphatic carbocycles. The molecule has 4 heterocycles. The number of aromatic nitrogens is 4. The van der Waals surface area contributed by atoms with E-state index in [1.165, 1.54) is 16.8 Å². The summed E-state index contributed by atoms with van der Waals surface area (Å²) in [4.78, 5) is 33.2. The minimum absolute atomic E-state index is 0.256. The van der Waals surface area contributed by atoms with Gasteiger partial charge in [-0.3, -0.25) is 4.79 Å². The fourth-order valence-electron chi connectivity index (χ4n) is 3.46. The van der Waals surface area contributed by atoms with Crippen LogP contribution in [0.5, 0.6) is 0 Å². The summed E-state index contributed by atoms with van der Waals surface area (Å²) in [6, 6.07) is 2.75. The number of rotatable bonds is 4. The molecule has 9 heteroatoms. The summed E-state index contributed by atoms with van der Waals surface area (Å²) in [5.41, 5.74) is 0.710. The fourth-order valence-corrected chi connectivity index (χ4v) is 3.46. The van der Waals surface area contributed by atoms with Gasteiger partial charge in [-0.25, -0.2) is 18.7 Å². The van der Waals surface area contributed by atoms with E-state index in [1.807, 2.05) is 4.90 Å². The highest BCUT2D eigenvalue weighted by Crippen LogP contribution is 2.34. The van der Waals surface area contributed by atoms with Crippen LogP contribution in [0.25, 0.3) is 5.65 Å². The van der Waals surface area contributed by atoms with Crippen LogP contribution >= 0.6 is 0 Å². The molecule has 8 nitrogen and oxygen atoms in total. The van der Waals surface area contributed by atoms with Crippen molar-refractivity contribution in [1.82, 2.24) is 19.6 Å². The van der Waals surface area contributed by atoms with Gasteiger partial charge in [0.1, 0.15) is 17.2 Å². The first-order chi connectivity index (χ1) is 13.1. The third-order valence-corrected chi connectivity index (χ3v) is 4.65. The summed E-state index contributed by atoms with van der Waals surface area (Å²) in [5.74, 6) is -0.378. The van der Waals surface area contributed by atoms with Crippen molar-refractivity contribution >= 4 is 17.4 Å². The maximum absolute atomic E-state index is 13.6. The number of hydrogen-bond donors (Lipinski definition) is 1. The lowest BCUT2D eigenvalue weighted by Gasteiger charge is -2.25. The molecule has 3 aromatic heterocycles. The van der Waals surface area contributed by atoms with Crippen molar-refractivity contribution in [1.29, 1.82) is 0 Å². The highest BCUT2D eigenvalue weighted by atomic mass is 19.1. The van der Waals surface area contributed by atoms with E-state index < -0.39 is 11.8 Å². The van der Waals surface area contributed by atoms with E-state index in [1.54, 1.807) is 19.2 Å². The molecule has 4 rings (SSSR count). The van der Waals surface area contributed by atoms with Crippen LogP contribution in [-0.4, -0.2) is 38.7 Å². The van der Waals surface area contributed by atoms with E-state index >= 15 is 0 Å². The predicted molar refractivity (Wildman–Crippen MR) is 95.3 cm³/mol. The number of nitrogens with one attached hydrogen (secondary N) is 1. The van der Waals surface area contributed by atoms with Gasteiger partial charge in [-0.15, -0.1) is 0 Å². The van der Waals surface area contributed by atoms with Crippen molar-refractivity contribution in [3.8, 4) is 0 Å². The zero-order chi connectivity index (χ0) is 19.0. The van der Waals surface area contributed by atoms with Crippen LogP contribution in [0.3, 0.4) is 0 Å². The van der Waals surface area contributed by atoms with Crippen LogP contribution in [0, 0.1) is 5.82 Å². The Bertz CT molecular complexity index is 1060. The highest BCUT2D eigenvalue weighted by Gasteiger charge is 2.30. The summed E-state index contributed by atoms with van der Waals surface area (Å²) >= 11 is 0. The second-order valence-electron chi connectivity index (χ2n) is 6.29. The van der Waals surface area contributed by atoms with Crippen molar-refractivity contribution in [2.24, 2.45) is 0 Å². The van der Waals surface area contributed by atoms with Gasteiger partial charge in [0.05, 0.1) is 18.8 Å². The first-order valence-corrected chi connectivity index (χ1v) is 8.74. The van der Waals surface area contributed by atoms with Crippen LogP contribution < -0.4 is 10.5 Å². The van der Waals surface area contributed by atoms with Gasteiger partial charge in [0.15, 0.2) is 5.65 Å². The zero-order valence-corrected chi connectivity index (χ0v) is 14.7. The SMILES string of the molecule is CCOC(=O)c1cnn2ccc(N3CCCC3c3cc(F)c[nH]c3=O)nc12. The first kappa shape index (κ1) is 17.2. The minimum Gasteiger partial charge on any atom is -0.462 e. The van der Waals surface area contributed by atoms with Crippen LogP contribution in [0.2, 0.25) is 0 Å². The fraction of sp³-hybridized carbons (Fsp3) is 0.333. The van der Waals surface area contributed by atoms with Gasteiger partial charge in [0, 0.05) is 24.5 Å². The predicted octanol–water partition coefficient (Wildman–Crippen LogP) is 2.07. The van der Waals surface area contributed by atoms with E-state index in [9.17, 15) is 14.0 Å². The number of pyridine rings is 1. The summed E-state index contributed by atoms with van der Waals surface area (Å²) in [5, 5.41) is 4.12. The Labute approximate surface area is 153 Å². The van der Waals surface area contributed by atoms with Crippen LogP contribution in [0.15, 0.2) is 35.5 Å². The van der Waals surface area contributed by atoms with E-state index in [0.29, 0.717) is 30.0 Å². The van der Waals surface area contributed by atoms with E-state index in [-0.39, 0.29) is 23.8 Å². The molecule has 1 atom stereocenters. The average Bonchev–Trinajstić information content (AvgIpc) is 3.30. The molecule has 0 saturated carbocycles. The quantitative estimate of drug-likeness (QED) is 0.706. The Hall–Kier alpha value is -3.23. The van der Waals surface area contributed by atoms with Crippen molar-refractivity contribution in [3.63, 3.8) is 0 Å². The lowest BCUT2D eigenvalue weighted by atomic mass is 10.1. The molecule has 1 saturated heterocycles. The molecular formula is C18H18FN5O3. The molecule has 0 aromatic carbocycles. The number of hydrogen-bond acceptors (Lipinski definition) is 6. The maximum atomic E-state index is 13.6. The van der Waals surface area contributed by atoms with E-state index in [2.05, 4.69) is 15.1 Å². The summed E-state index contributed by atoms with van der Waals surface area (Å²) in [6.07, 6.45) is 5.72. The number of H-pyrrole nitrogens is 1. The van der Waals surface area contributed by atoms with Crippen molar-refractivity contribution in [2.75, 3.05) is 18.1 Å². The van der Waals surface area contributed by atoms with E-state index in [0.717, 1.165) is 12.6 Å². The maximum Gasteiger partial charge on any atom is 0.343 e. The van der Waals surface area contributed by atoms with Gasteiger partial charge < -0.3 is 14.6 Å².